The van der Waals surface area contributed by atoms with Crippen molar-refractivity contribution in [2.24, 2.45) is 5.92 Å². The van der Waals surface area contributed by atoms with Gasteiger partial charge in [-0.2, -0.15) is 0 Å². The molecule has 0 bridgehead atoms. The number of nitrogens with zero attached hydrogens (tertiary/aromatic N) is 1. The number of carbonyl (C=O) groups is 1. The highest BCUT2D eigenvalue weighted by molar-refractivity contribution is 7.13. The Morgan fingerprint density at radius 3 is 2.86 bits per heavy atom. The van der Waals surface area contributed by atoms with Gasteiger partial charge in [0.15, 0.2) is 0 Å². The molecule has 21 heavy (non-hydrogen) atoms. The van der Waals surface area contributed by atoms with Gasteiger partial charge < -0.3 is 5.32 Å². The summed E-state index contributed by atoms with van der Waals surface area (Å²) in [5.41, 5.74) is 1.16. The second-order valence-electron chi connectivity index (χ2n) is 5.08. The molecule has 0 unspecified atom stereocenters. The number of thiazole rings is 1. The number of halogens is 2. The van der Waals surface area contributed by atoms with Crippen molar-refractivity contribution in [3.63, 3.8) is 0 Å². The third-order valence-electron chi connectivity index (χ3n) is 2.93. The molecule has 0 aliphatic rings. The Bertz CT molecular complexity index is 640. The van der Waals surface area contributed by atoms with Crippen molar-refractivity contribution in [1.82, 2.24) is 10.3 Å². The molecule has 3 nitrogen and oxygen atoms in total. The van der Waals surface area contributed by atoms with Crippen LogP contribution in [0.15, 0.2) is 23.6 Å². The molecule has 1 aromatic heterocycles. The lowest BCUT2D eigenvalue weighted by molar-refractivity contribution is 0.0948. The van der Waals surface area contributed by atoms with Gasteiger partial charge in [0, 0.05) is 17.5 Å². The molecule has 0 saturated heterocycles. The van der Waals surface area contributed by atoms with Crippen LogP contribution in [0.2, 0.25) is 10.0 Å². The van der Waals surface area contributed by atoms with Crippen molar-refractivity contribution in [3.05, 3.63) is 39.3 Å². The number of aromatic nitrogens is 1. The van der Waals surface area contributed by atoms with E-state index in [2.05, 4.69) is 24.1 Å². The van der Waals surface area contributed by atoms with Gasteiger partial charge in [-0.3, -0.25) is 4.79 Å². The number of hydrogen-bond donors (Lipinski definition) is 1. The van der Waals surface area contributed by atoms with Crippen LogP contribution in [0.4, 0.5) is 0 Å². The summed E-state index contributed by atoms with van der Waals surface area (Å²) < 4.78 is 0. The minimum absolute atomic E-state index is 0.156. The fourth-order valence-corrected chi connectivity index (χ4v) is 3.01. The Labute approximate surface area is 138 Å². The summed E-state index contributed by atoms with van der Waals surface area (Å²) in [4.78, 5) is 16.3. The number of nitrogens with one attached hydrogen (secondary N) is 1. The average molecular weight is 343 g/mol. The smallest absolute Gasteiger partial charge is 0.270 e. The van der Waals surface area contributed by atoms with E-state index in [-0.39, 0.29) is 5.91 Å². The van der Waals surface area contributed by atoms with E-state index in [9.17, 15) is 4.79 Å². The Kier molecular flexibility index (Phi) is 5.62. The van der Waals surface area contributed by atoms with Gasteiger partial charge in [0.1, 0.15) is 10.7 Å². The molecule has 6 heteroatoms. The number of rotatable bonds is 5. The highest BCUT2D eigenvalue weighted by Crippen LogP contribution is 2.34. The van der Waals surface area contributed by atoms with Crippen molar-refractivity contribution < 1.29 is 4.79 Å². The van der Waals surface area contributed by atoms with Gasteiger partial charge in [-0.25, -0.2) is 4.98 Å². The van der Waals surface area contributed by atoms with Gasteiger partial charge in [0.05, 0.1) is 10.0 Å². The molecule has 1 N–H and O–H groups in total. The maximum Gasteiger partial charge on any atom is 0.270 e. The van der Waals surface area contributed by atoms with E-state index in [1.807, 2.05) is 12.1 Å². The Hall–Kier alpha value is -1.10. The molecule has 112 valence electrons. The fraction of sp³-hybridized carbons (Fsp3) is 0.333. The summed E-state index contributed by atoms with van der Waals surface area (Å²) in [5.74, 6) is 0.401. The van der Waals surface area contributed by atoms with Crippen LogP contribution in [0.5, 0.6) is 0 Å². The van der Waals surface area contributed by atoms with E-state index >= 15 is 0 Å². The van der Waals surface area contributed by atoms with Crippen LogP contribution in [0.25, 0.3) is 10.6 Å². The molecule has 2 aromatic rings. The summed E-state index contributed by atoms with van der Waals surface area (Å²) in [6, 6.07) is 5.38. The third-order valence-corrected chi connectivity index (χ3v) is 4.62. The maximum atomic E-state index is 12.0. The maximum absolute atomic E-state index is 12.0. The van der Waals surface area contributed by atoms with Crippen molar-refractivity contribution in [3.8, 4) is 10.6 Å². The fourth-order valence-electron chi connectivity index (χ4n) is 1.74. The quantitative estimate of drug-likeness (QED) is 0.840. The zero-order chi connectivity index (χ0) is 15.4. The minimum atomic E-state index is -0.156. The lowest BCUT2D eigenvalue weighted by Crippen LogP contribution is -2.25. The molecular formula is C15H16Cl2N2OS. The van der Waals surface area contributed by atoms with Crippen LogP contribution in [-0.4, -0.2) is 17.4 Å². The summed E-state index contributed by atoms with van der Waals surface area (Å²) in [6.07, 6.45) is 0.947. The SMILES string of the molecule is CC(C)CCNC(=O)c1csc(-c2cccc(Cl)c2Cl)n1. The summed E-state index contributed by atoms with van der Waals surface area (Å²) in [6.45, 7) is 4.89. The number of carbonyl (C=O) groups excluding carboxylic acids is 1. The molecule has 0 fully saturated rings. The molecule has 1 amide bonds. The highest BCUT2D eigenvalue weighted by atomic mass is 35.5. The minimum Gasteiger partial charge on any atom is -0.351 e. The topological polar surface area (TPSA) is 42.0 Å². The number of hydrogen-bond acceptors (Lipinski definition) is 3. The Morgan fingerprint density at radius 2 is 2.14 bits per heavy atom. The second kappa shape index (κ2) is 7.25. The largest absolute Gasteiger partial charge is 0.351 e. The van der Waals surface area contributed by atoms with Crippen LogP contribution in [0.3, 0.4) is 0 Å². The van der Waals surface area contributed by atoms with Gasteiger partial charge in [0.2, 0.25) is 0 Å². The monoisotopic (exact) mass is 342 g/mol. The summed E-state index contributed by atoms with van der Waals surface area (Å²) >= 11 is 13.5. The molecule has 1 heterocycles. The average Bonchev–Trinajstić information content (AvgIpc) is 2.91. The first-order valence-corrected chi connectivity index (χ1v) is 8.30. The van der Waals surface area contributed by atoms with Crippen LogP contribution >= 0.6 is 34.5 Å². The molecule has 0 saturated carbocycles. The lowest BCUT2D eigenvalue weighted by atomic mass is 10.1. The zero-order valence-electron chi connectivity index (χ0n) is 11.8. The Balaban J connectivity index is 2.11. The van der Waals surface area contributed by atoms with Gasteiger partial charge in [0.25, 0.3) is 5.91 Å². The van der Waals surface area contributed by atoms with Gasteiger partial charge in [-0.15, -0.1) is 11.3 Å². The molecular weight excluding hydrogens is 327 g/mol. The molecule has 0 radical (unpaired) electrons. The van der Waals surface area contributed by atoms with Crippen LogP contribution in [-0.2, 0) is 0 Å². The van der Waals surface area contributed by atoms with Crippen LogP contribution in [0, 0.1) is 5.92 Å². The van der Waals surface area contributed by atoms with E-state index in [0.717, 1.165) is 12.0 Å². The van der Waals surface area contributed by atoms with Gasteiger partial charge >= 0.3 is 0 Å². The first-order valence-electron chi connectivity index (χ1n) is 6.67. The third kappa shape index (κ3) is 4.19. The first kappa shape index (κ1) is 16.3. The second-order valence-corrected chi connectivity index (χ2v) is 6.72. The molecule has 0 spiro atoms. The number of benzene rings is 1. The van der Waals surface area contributed by atoms with E-state index in [1.165, 1.54) is 11.3 Å². The van der Waals surface area contributed by atoms with Crippen molar-refractivity contribution in [2.45, 2.75) is 20.3 Å². The van der Waals surface area contributed by atoms with E-state index in [1.54, 1.807) is 11.4 Å². The standard InChI is InChI=1S/C15H16Cl2N2OS/c1-9(2)6-7-18-14(20)12-8-21-15(19-12)10-4-3-5-11(16)13(10)17/h3-5,8-9H,6-7H2,1-2H3,(H,18,20). The van der Waals surface area contributed by atoms with E-state index < -0.39 is 0 Å². The Morgan fingerprint density at radius 1 is 1.38 bits per heavy atom. The molecule has 0 atom stereocenters. The molecule has 1 aromatic carbocycles. The first-order chi connectivity index (χ1) is 9.99. The van der Waals surface area contributed by atoms with Crippen LogP contribution < -0.4 is 5.32 Å². The van der Waals surface area contributed by atoms with Gasteiger partial charge in [-0.1, -0.05) is 49.2 Å². The predicted molar refractivity (Wildman–Crippen MR) is 89.4 cm³/mol. The zero-order valence-corrected chi connectivity index (χ0v) is 14.1. The van der Waals surface area contributed by atoms with Gasteiger partial charge in [-0.05, 0) is 18.4 Å². The number of amides is 1. The summed E-state index contributed by atoms with van der Waals surface area (Å²) in [5, 5.41) is 6.23. The van der Waals surface area contributed by atoms with Crippen molar-refractivity contribution in [2.75, 3.05) is 6.54 Å². The molecule has 0 aliphatic heterocycles. The summed E-state index contributed by atoms with van der Waals surface area (Å²) in [7, 11) is 0. The lowest BCUT2D eigenvalue weighted by Gasteiger charge is -2.05. The van der Waals surface area contributed by atoms with Crippen molar-refractivity contribution in [1.29, 1.82) is 0 Å². The predicted octanol–water partition coefficient (Wildman–Crippen LogP) is 4.89. The normalized spacial score (nSPS) is 10.9. The van der Waals surface area contributed by atoms with Crippen LogP contribution in [0.1, 0.15) is 30.8 Å². The van der Waals surface area contributed by atoms with Crippen molar-refractivity contribution >= 4 is 40.4 Å². The van der Waals surface area contributed by atoms with E-state index in [4.69, 9.17) is 23.2 Å². The molecule has 2 rings (SSSR count). The molecule has 0 aliphatic carbocycles. The highest BCUT2D eigenvalue weighted by Gasteiger charge is 2.14. The van der Waals surface area contributed by atoms with E-state index in [0.29, 0.717) is 33.2 Å².